The molecule has 188 valence electrons. The standard InChI is InChI=1S/C26H34N4O5/c1-3-35-25(32)19-8-10-20(11-9-19)28-26(33)29-21-12-13-23(30-15-5-4-6-16-30)22(18-21)24(31)27-14-7-17-34-2/h8-13,18H,3-7,14-17H2,1-2H3,(H,27,31)(H2,28,29,33). The molecule has 0 bridgehead atoms. The van der Waals surface area contributed by atoms with Crippen LogP contribution in [0.4, 0.5) is 21.9 Å². The quantitative estimate of drug-likeness (QED) is 0.345. The fourth-order valence-electron chi connectivity index (χ4n) is 3.92. The van der Waals surface area contributed by atoms with E-state index in [4.69, 9.17) is 9.47 Å². The minimum atomic E-state index is -0.453. The number of piperidine rings is 1. The number of hydrogen-bond donors (Lipinski definition) is 3. The molecule has 0 aliphatic carbocycles. The van der Waals surface area contributed by atoms with Crippen LogP contribution in [-0.2, 0) is 9.47 Å². The Labute approximate surface area is 206 Å². The van der Waals surface area contributed by atoms with Crippen molar-refractivity contribution in [2.45, 2.75) is 32.6 Å². The number of esters is 1. The number of carbonyl (C=O) groups excluding carboxylic acids is 3. The minimum Gasteiger partial charge on any atom is -0.462 e. The Morgan fingerprint density at radius 2 is 1.63 bits per heavy atom. The Kier molecular flexibility index (Phi) is 9.92. The van der Waals surface area contributed by atoms with Crippen molar-refractivity contribution in [3.8, 4) is 0 Å². The third kappa shape index (κ3) is 7.71. The first-order chi connectivity index (χ1) is 17.0. The van der Waals surface area contributed by atoms with Crippen LogP contribution < -0.4 is 20.9 Å². The van der Waals surface area contributed by atoms with Gasteiger partial charge in [0.2, 0.25) is 0 Å². The summed E-state index contributed by atoms with van der Waals surface area (Å²) < 4.78 is 10.0. The van der Waals surface area contributed by atoms with Crippen LogP contribution in [0.3, 0.4) is 0 Å². The van der Waals surface area contributed by atoms with Gasteiger partial charge in [0, 0.05) is 50.4 Å². The van der Waals surface area contributed by atoms with Crippen LogP contribution in [0.2, 0.25) is 0 Å². The lowest BCUT2D eigenvalue weighted by atomic mass is 10.1. The van der Waals surface area contributed by atoms with Crippen molar-refractivity contribution in [2.75, 3.05) is 55.5 Å². The molecule has 3 N–H and O–H groups in total. The summed E-state index contributed by atoms with van der Waals surface area (Å²) in [6.45, 7) is 4.92. The lowest BCUT2D eigenvalue weighted by molar-refractivity contribution is 0.0526. The SMILES string of the molecule is CCOC(=O)c1ccc(NC(=O)Nc2ccc(N3CCCCC3)c(C(=O)NCCCOC)c2)cc1. The maximum atomic E-state index is 13.0. The molecular formula is C26H34N4O5. The number of anilines is 3. The molecule has 1 aliphatic rings. The molecule has 3 amide bonds. The Morgan fingerprint density at radius 1 is 0.943 bits per heavy atom. The molecule has 0 atom stereocenters. The smallest absolute Gasteiger partial charge is 0.338 e. The summed E-state index contributed by atoms with van der Waals surface area (Å²) in [5.41, 5.74) is 2.84. The maximum Gasteiger partial charge on any atom is 0.338 e. The average molecular weight is 483 g/mol. The highest BCUT2D eigenvalue weighted by atomic mass is 16.5. The number of benzene rings is 2. The van der Waals surface area contributed by atoms with Gasteiger partial charge in [-0.1, -0.05) is 0 Å². The van der Waals surface area contributed by atoms with Crippen molar-refractivity contribution in [2.24, 2.45) is 0 Å². The Bertz CT molecular complexity index is 1000. The monoisotopic (exact) mass is 482 g/mol. The molecule has 1 heterocycles. The second-order valence-corrected chi connectivity index (χ2v) is 8.26. The number of rotatable bonds is 10. The number of nitrogens with zero attached hydrogens (tertiary/aromatic N) is 1. The molecule has 1 fully saturated rings. The first kappa shape index (κ1) is 26.0. The van der Waals surface area contributed by atoms with Crippen LogP contribution in [0.1, 0.15) is 53.3 Å². The summed E-state index contributed by atoms with van der Waals surface area (Å²) in [5.74, 6) is -0.592. The van der Waals surface area contributed by atoms with E-state index in [0.717, 1.165) is 38.0 Å². The highest BCUT2D eigenvalue weighted by Crippen LogP contribution is 2.27. The fourth-order valence-corrected chi connectivity index (χ4v) is 3.92. The van der Waals surface area contributed by atoms with Crippen molar-refractivity contribution >= 4 is 35.0 Å². The van der Waals surface area contributed by atoms with Gasteiger partial charge in [-0.05, 0) is 75.1 Å². The van der Waals surface area contributed by atoms with Crippen molar-refractivity contribution in [1.82, 2.24) is 5.32 Å². The summed E-state index contributed by atoms with van der Waals surface area (Å²) in [7, 11) is 1.63. The van der Waals surface area contributed by atoms with Gasteiger partial charge in [0.05, 0.1) is 17.7 Å². The van der Waals surface area contributed by atoms with Gasteiger partial charge in [0.15, 0.2) is 0 Å². The molecule has 9 nitrogen and oxygen atoms in total. The van der Waals surface area contributed by atoms with E-state index < -0.39 is 12.0 Å². The van der Waals surface area contributed by atoms with Crippen molar-refractivity contribution in [3.05, 3.63) is 53.6 Å². The van der Waals surface area contributed by atoms with E-state index in [1.807, 2.05) is 6.07 Å². The fraction of sp³-hybridized carbons (Fsp3) is 0.423. The summed E-state index contributed by atoms with van der Waals surface area (Å²) in [6.07, 6.45) is 4.09. The lowest BCUT2D eigenvalue weighted by Crippen LogP contribution is -2.33. The predicted molar refractivity (Wildman–Crippen MR) is 136 cm³/mol. The van der Waals surface area contributed by atoms with Crippen LogP contribution in [0.5, 0.6) is 0 Å². The lowest BCUT2D eigenvalue weighted by Gasteiger charge is -2.30. The molecule has 2 aromatic rings. The van der Waals surface area contributed by atoms with Gasteiger partial charge in [0.1, 0.15) is 0 Å². The molecule has 9 heteroatoms. The van der Waals surface area contributed by atoms with Crippen LogP contribution in [0, 0.1) is 0 Å². The zero-order valence-electron chi connectivity index (χ0n) is 20.4. The van der Waals surface area contributed by atoms with Crippen molar-refractivity contribution in [3.63, 3.8) is 0 Å². The Hall–Kier alpha value is -3.59. The molecule has 0 saturated carbocycles. The van der Waals surface area contributed by atoms with Gasteiger partial charge in [-0.25, -0.2) is 9.59 Å². The molecule has 1 saturated heterocycles. The Balaban J connectivity index is 1.69. The zero-order chi connectivity index (χ0) is 25.0. The summed E-state index contributed by atoms with van der Waals surface area (Å²) in [4.78, 5) is 39.6. The molecule has 35 heavy (non-hydrogen) atoms. The van der Waals surface area contributed by atoms with E-state index in [9.17, 15) is 14.4 Å². The molecule has 3 rings (SSSR count). The predicted octanol–water partition coefficient (Wildman–Crippen LogP) is 4.26. The van der Waals surface area contributed by atoms with Gasteiger partial charge in [0.25, 0.3) is 5.91 Å². The topological polar surface area (TPSA) is 109 Å². The second kappa shape index (κ2) is 13.3. The first-order valence-corrected chi connectivity index (χ1v) is 12.0. The third-order valence-electron chi connectivity index (χ3n) is 5.66. The van der Waals surface area contributed by atoms with E-state index in [1.54, 1.807) is 50.4 Å². The molecule has 1 aliphatic heterocycles. The van der Waals surface area contributed by atoms with Gasteiger partial charge in [-0.3, -0.25) is 4.79 Å². The highest BCUT2D eigenvalue weighted by molar-refractivity contribution is 6.04. The Morgan fingerprint density at radius 3 is 2.31 bits per heavy atom. The number of nitrogens with one attached hydrogen (secondary N) is 3. The van der Waals surface area contributed by atoms with Crippen LogP contribution in [0.15, 0.2) is 42.5 Å². The molecule has 0 aromatic heterocycles. The molecular weight excluding hydrogens is 448 g/mol. The van der Waals surface area contributed by atoms with Gasteiger partial charge in [-0.15, -0.1) is 0 Å². The molecule has 2 aromatic carbocycles. The second-order valence-electron chi connectivity index (χ2n) is 8.26. The van der Waals surface area contributed by atoms with Gasteiger partial charge in [-0.2, -0.15) is 0 Å². The van der Waals surface area contributed by atoms with Gasteiger partial charge < -0.3 is 30.3 Å². The normalized spacial score (nSPS) is 13.1. The summed E-state index contributed by atoms with van der Waals surface area (Å²) >= 11 is 0. The van der Waals surface area contributed by atoms with Crippen molar-refractivity contribution < 1.29 is 23.9 Å². The number of urea groups is 1. The van der Waals surface area contributed by atoms with Crippen molar-refractivity contribution in [1.29, 1.82) is 0 Å². The van der Waals surface area contributed by atoms with E-state index in [0.29, 0.717) is 42.3 Å². The van der Waals surface area contributed by atoms with E-state index in [2.05, 4.69) is 20.9 Å². The number of ether oxygens (including phenoxy) is 2. The average Bonchev–Trinajstić information content (AvgIpc) is 2.87. The van der Waals surface area contributed by atoms with E-state index in [-0.39, 0.29) is 5.91 Å². The first-order valence-electron chi connectivity index (χ1n) is 12.0. The molecule has 0 spiro atoms. The highest BCUT2D eigenvalue weighted by Gasteiger charge is 2.19. The zero-order valence-corrected chi connectivity index (χ0v) is 20.4. The number of hydrogen-bond acceptors (Lipinski definition) is 6. The number of methoxy groups -OCH3 is 1. The van der Waals surface area contributed by atoms with Crippen LogP contribution >= 0.6 is 0 Å². The number of carbonyl (C=O) groups is 3. The van der Waals surface area contributed by atoms with Crippen LogP contribution in [-0.4, -0.2) is 57.9 Å². The van der Waals surface area contributed by atoms with E-state index in [1.165, 1.54) is 6.42 Å². The molecule has 0 unspecified atom stereocenters. The molecule has 0 radical (unpaired) electrons. The summed E-state index contributed by atoms with van der Waals surface area (Å²) in [6, 6.07) is 11.4. The maximum absolute atomic E-state index is 13.0. The number of amides is 3. The van der Waals surface area contributed by atoms with E-state index >= 15 is 0 Å². The van der Waals surface area contributed by atoms with Crippen LogP contribution in [0.25, 0.3) is 0 Å². The summed E-state index contributed by atoms with van der Waals surface area (Å²) in [5, 5.41) is 8.47. The largest absolute Gasteiger partial charge is 0.462 e. The minimum absolute atomic E-state index is 0.180. The third-order valence-corrected chi connectivity index (χ3v) is 5.66. The van der Waals surface area contributed by atoms with Gasteiger partial charge >= 0.3 is 12.0 Å².